The topological polar surface area (TPSA) is 164 Å². The lowest BCUT2D eigenvalue weighted by Gasteiger charge is -2.11. The van der Waals surface area contributed by atoms with Gasteiger partial charge in [0.15, 0.2) is 0 Å². The van der Waals surface area contributed by atoms with Crippen LogP contribution in [0.5, 0.6) is 5.75 Å². The normalized spacial score (nSPS) is 9.84. The van der Waals surface area contributed by atoms with Gasteiger partial charge < -0.3 is 21.4 Å². The van der Waals surface area contributed by atoms with E-state index in [0.29, 0.717) is 11.5 Å². The molecule has 0 fully saturated rings. The third-order valence-corrected chi connectivity index (χ3v) is 3.70. The average molecular weight is 346 g/mol. The molecule has 25 heavy (non-hydrogen) atoms. The Balaban J connectivity index is 0.00000156. The molecule has 1 heterocycles. The van der Waals surface area contributed by atoms with E-state index < -0.39 is 4.92 Å². The highest BCUT2D eigenvalue weighted by molar-refractivity contribution is 5.92. The minimum absolute atomic E-state index is 0. The number of fused-ring (bicyclic) bond motifs is 1. The number of phenolic OH excluding ortho intramolecular Hbond substituents is 1. The third-order valence-electron chi connectivity index (χ3n) is 3.70. The van der Waals surface area contributed by atoms with E-state index in [0.717, 1.165) is 28.1 Å². The van der Waals surface area contributed by atoms with Gasteiger partial charge in [-0.25, -0.2) is 9.97 Å². The number of aromatic hydroxyl groups is 1. The van der Waals surface area contributed by atoms with Crippen molar-refractivity contribution in [1.82, 2.24) is 9.97 Å². The molecule has 0 atom stereocenters. The van der Waals surface area contributed by atoms with Gasteiger partial charge in [-0.05, 0) is 43.2 Å². The third kappa shape index (κ3) is 3.79. The summed E-state index contributed by atoms with van der Waals surface area (Å²) in [5.41, 5.74) is 3.18. The van der Waals surface area contributed by atoms with Gasteiger partial charge in [-0.1, -0.05) is 0 Å². The van der Waals surface area contributed by atoms with E-state index >= 15 is 0 Å². The molecule has 132 valence electrons. The van der Waals surface area contributed by atoms with Crippen LogP contribution in [-0.4, -0.2) is 31.0 Å². The van der Waals surface area contributed by atoms with Crippen LogP contribution in [0.15, 0.2) is 36.7 Å². The second-order valence-electron chi connectivity index (χ2n) is 5.26. The van der Waals surface area contributed by atoms with E-state index in [-0.39, 0.29) is 22.4 Å². The molecule has 0 aliphatic heterocycles. The summed E-state index contributed by atoms with van der Waals surface area (Å²) < 4.78 is 0. The Morgan fingerprint density at radius 3 is 2.40 bits per heavy atom. The quantitative estimate of drug-likeness (QED) is 0.418. The lowest BCUT2D eigenvalue weighted by molar-refractivity contribution is -0.384. The summed E-state index contributed by atoms with van der Waals surface area (Å²) in [5, 5.41) is 24.5. The highest BCUT2D eigenvalue weighted by Gasteiger charge is 2.12. The summed E-state index contributed by atoms with van der Waals surface area (Å²) in [6, 6.07) is 7.80. The van der Waals surface area contributed by atoms with Gasteiger partial charge in [-0.15, -0.1) is 0 Å². The number of phenols is 1. The lowest BCUT2D eigenvalue weighted by Crippen LogP contribution is -1.98. The lowest BCUT2D eigenvalue weighted by atomic mass is 10.1. The number of benzene rings is 2. The van der Waals surface area contributed by atoms with Crippen LogP contribution in [-0.2, 0) is 0 Å². The van der Waals surface area contributed by atoms with Gasteiger partial charge in [0, 0.05) is 11.5 Å². The number of aryl methyl sites for hydroxylation is 2. The molecule has 9 nitrogen and oxygen atoms in total. The van der Waals surface area contributed by atoms with Gasteiger partial charge in [0.2, 0.25) is 0 Å². The molecular weight excluding hydrogens is 328 g/mol. The predicted octanol–water partition coefficient (Wildman–Crippen LogP) is 1.95. The van der Waals surface area contributed by atoms with Crippen LogP contribution in [0.2, 0.25) is 0 Å². The zero-order valence-electron chi connectivity index (χ0n) is 13.6. The summed E-state index contributed by atoms with van der Waals surface area (Å²) in [4.78, 5) is 18.6. The van der Waals surface area contributed by atoms with Gasteiger partial charge in [-0.2, -0.15) is 0 Å². The molecule has 3 rings (SSSR count). The van der Waals surface area contributed by atoms with Crippen LogP contribution in [0.4, 0.5) is 17.2 Å². The Bertz CT molecular complexity index is 930. The zero-order valence-corrected chi connectivity index (χ0v) is 13.6. The largest absolute Gasteiger partial charge is 0.506 e. The van der Waals surface area contributed by atoms with Crippen molar-refractivity contribution in [3.63, 3.8) is 0 Å². The summed E-state index contributed by atoms with van der Waals surface area (Å²) in [6.07, 6.45) is 1.43. The number of hydrogen-bond acceptors (Lipinski definition) is 6. The maximum Gasteiger partial charge on any atom is 0.273 e. The van der Waals surface area contributed by atoms with Crippen molar-refractivity contribution in [2.45, 2.75) is 13.8 Å². The van der Waals surface area contributed by atoms with Crippen molar-refractivity contribution in [2.24, 2.45) is 0 Å². The number of aromatic nitrogens is 2. The molecule has 0 saturated heterocycles. The fourth-order valence-corrected chi connectivity index (χ4v) is 2.28. The van der Waals surface area contributed by atoms with Crippen molar-refractivity contribution in [1.29, 1.82) is 0 Å². The Kier molecular flexibility index (Phi) is 5.93. The Morgan fingerprint density at radius 2 is 1.76 bits per heavy atom. The smallest absolute Gasteiger partial charge is 0.273 e. The van der Waals surface area contributed by atoms with Gasteiger partial charge in [0.25, 0.3) is 5.69 Å². The maximum absolute atomic E-state index is 10.7. The summed E-state index contributed by atoms with van der Waals surface area (Å²) >= 11 is 0. The number of nitro groups is 1. The van der Waals surface area contributed by atoms with Gasteiger partial charge in [0.05, 0.1) is 22.2 Å². The molecule has 0 spiro atoms. The summed E-state index contributed by atoms with van der Waals surface area (Å²) in [5.74, 6) is 0.317. The number of anilines is 2. The number of rotatable bonds is 3. The summed E-state index contributed by atoms with van der Waals surface area (Å²) in [6.45, 7) is 4.00. The van der Waals surface area contributed by atoms with Gasteiger partial charge >= 0.3 is 0 Å². The molecule has 0 saturated carbocycles. The number of nitrogens with one attached hydrogen (secondary N) is 1. The molecule has 2 aromatic carbocycles. The molecule has 0 unspecified atom stereocenters. The van der Waals surface area contributed by atoms with Crippen LogP contribution in [0.3, 0.4) is 0 Å². The second-order valence-corrected chi connectivity index (χ2v) is 5.26. The van der Waals surface area contributed by atoms with Gasteiger partial charge in [-0.3, -0.25) is 10.1 Å². The van der Waals surface area contributed by atoms with E-state index in [9.17, 15) is 15.2 Å². The van der Waals surface area contributed by atoms with E-state index in [4.69, 9.17) is 0 Å². The SMILES string of the molecule is Cc1cc2ncnc(Nc3ccc([N+](=O)[O-])cc3O)c2cc1C.O.O. The van der Waals surface area contributed by atoms with Crippen molar-refractivity contribution in [3.05, 3.63) is 57.9 Å². The molecule has 6 N–H and O–H groups in total. The minimum Gasteiger partial charge on any atom is -0.506 e. The number of non-ortho nitro benzene ring substituents is 1. The predicted molar refractivity (Wildman–Crippen MR) is 94.3 cm³/mol. The van der Waals surface area contributed by atoms with E-state index in [1.54, 1.807) is 0 Å². The van der Waals surface area contributed by atoms with Gasteiger partial charge in [0.1, 0.15) is 17.9 Å². The average Bonchev–Trinajstić information content (AvgIpc) is 2.51. The highest BCUT2D eigenvalue weighted by Crippen LogP contribution is 2.32. The molecule has 0 bridgehead atoms. The van der Waals surface area contributed by atoms with Crippen molar-refractivity contribution in [3.8, 4) is 5.75 Å². The Labute approximate surface area is 142 Å². The van der Waals surface area contributed by atoms with Crippen LogP contribution < -0.4 is 5.32 Å². The highest BCUT2D eigenvalue weighted by atomic mass is 16.6. The van der Waals surface area contributed by atoms with E-state index in [2.05, 4.69) is 15.3 Å². The zero-order chi connectivity index (χ0) is 16.6. The van der Waals surface area contributed by atoms with Crippen LogP contribution in [0.1, 0.15) is 11.1 Å². The van der Waals surface area contributed by atoms with Crippen LogP contribution >= 0.6 is 0 Å². The maximum atomic E-state index is 10.7. The second kappa shape index (κ2) is 7.51. The number of nitrogens with zero attached hydrogens (tertiary/aromatic N) is 3. The first-order valence-electron chi connectivity index (χ1n) is 6.92. The molecule has 0 aliphatic carbocycles. The van der Waals surface area contributed by atoms with E-state index in [1.165, 1.54) is 18.5 Å². The van der Waals surface area contributed by atoms with Crippen LogP contribution in [0.25, 0.3) is 10.9 Å². The first-order valence-corrected chi connectivity index (χ1v) is 6.92. The minimum atomic E-state index is -0.560. The number of hydrogen-bond donors (Lipinski definition) is 2. The summed E-state index contributed by atoms with van der Waals surface area (Å²) in [7, 11) is 0. The fourth-order valence-electron chi connectivity index (χ4n) is 2.28. The standard InChI is InChI=1S/C16H14N4O3.2H2O/c1-9-5-12-14(6-10(9)2)17-8-18-16(12)19-13-4-3-11(20(22)23)7-15(13)21;;/h3-8,21H,1-2H3,(H,17,18,19);2*1H2. The molecule has 3 aromatic rings. The van der Waals surface area contributed by atoms with Crippen molar-refractivity contribution in [2.75, 3.05) is 5.32 Å². The molecule has 0 aliphatic rings. The molecule has 1 aromatic heterocycles. The van der Waals surface area contributed by atoms with Crippen molar-refractivity contribution < 1.29 is 21.0 Å². The first-order chi connectivity index (χ1) is 11.0. The Hall–Kier alpha value is -3.30. The fraction of sp³-hybridized carbons (Fsp3) is 0.125. The molecule has 0 radical (unpaired) electrons. The first kappa shape index (κ1) is 19.7. The Morgan fingerprint density at radius 1 is 1.08 bits per heavy atom. The number of nitro benzene ring substituents is 1. The molecule has 0 amide bonds. The molecular formula is C16H18N4O5. The van der Waals surface area contributed by atoms with Crippen molar-refractivity contribution >= 4 is 28.1 Å². The van der Waals surface area contributed by atoms with E-state index in [1.807, 2.05) is 26.0 Å². The monoisotopic (exact) mass is 346 g/mol. The molecule has 9 heteroatoms. The van der Waals surface area contributed by atoms with Crippen LogP contribution in [0, 0.1) is 24.0 Å².